The van der Waals surface area contributed by atoms with Crippen LogP contribution in [0.4, 0.5) is 78.7 Å². The van der Waals surface area contributed by atoms with Crippen LogP contribution in [0.25, 0.3) is 17.1 Å². The van der Waals surface area contributed by atoms with Gasteiger partial charge in [0, 0.05) is 98.8 Å². The number of phenolic OH excluding ortho intramolecular Hbond substituents is 1. The number of aryl methyl sites for hydroxylation is 3. The van der Waals surface area contributed by atoms with Crippen molar-refractivity contribution in [2.45, 2.75) is 230 Å². The van der Waals surface area contributed by atoms with Crippen LogP contribution in [0.2, 0.25) is 0 Å². The lowest BCUT2D eigenvalue weighted by Gasteiger charge is -2.51. The van der Waals surface area contributed by atoms with Gasteiger partial charge in [-0.2, -0.15) is 43.0 Å². The smallest absolute Gasteiger partial charge is 0.368 e. The van der Waals surface area contributed by atoms with Crippen molar-refractivity contribution in [3.8, 4) is 34.3 Å². The van der Waals surface area contributed by atoms with Gasteiger partial charge in [-0.1, -0.05) is 0 Å². The van der Waals surface area contributed by atoms with Crippen LogP contribution in [-0.4, -0.2) is 233 Å². The lowest BCUT2D eigenvalue weighted by atomic mass is 9.82. The van der Waals surface area contributed by atoms with E-state index < -0.39 is 74.5 Å². The SMILES string of the molecule is Cn1nnn(-c2cc(Nc3ncc(F)c(N(CC(C)(C)O)[C@@H]4C[C@@H]5CCCN5C(C)(C)C4)n3)c(F)cc2OCC(C)(C)O)c1=O.Cn1nnn(-c2cc(Nc3ncc(F)c(N[C@@H]4C[C@@H]5CCCN5C(C)(C)C4)n3)c(F)cc2O)c1=O.Cn1nnn(-c2cc(Nc3ncc(F)c(N[C@@H]4C[C@@H]5CCCN5C(C)(C)C4)n3)c(F)cc2OCC(C)(C)O)c1=O. The Labute approximate surface area is 687 Å². The third kappa shape index (κ3) is 19.7. The minimum absolute atomic E-state index is 0.00206. The zero-order valence-corrected chi connectivity index (χ0v) is 69.8. The molecule has 15 rings (SSSR count). The van der Waals surface area contributed by atoms with Crippen LogP contribution in [0.3, 0.4) is 0 Å². The van der Waals surface area contributed by atoms with E-state index >= 15 is 13.2 Å². The second-order valence-electron chi connectivity index (χ2n) is 35.5. The number of hydrogen-bond donors (Lipinski definition) is 9. The van der Waals surface area contributed by atoms with Crippen LogP contribution in [0, 0.1) is 34.9 Å². The van der Waals surface area contributed by atoms with E-state index in [4.69, 9.17) is 9.47 Å². The average Bonchev–Trinajstić information content (AvgIpc) is 1.21. The Kier molecular flexibility index (Phi) is 24.6. The molecule has 648 valence electrons. The molecule has 120 heavy (non-hydrogen) atoms. The molecule has 9 N–H and O–H groups in total. The predicted molar refractivity (Wildman–Crippen MR) is 432 cm³/mol. The van der Waals surface area contributed by atoms with Crippen molar-refractivity contribution in [3.63, 3.8) is 0 Å². The number of hydrogen-bond acceptors (Lipinski definition) is 30. The number of ether oxygens (including phenoxy) is 2. The van der Waals surface area contributed by atoms with Gasteiger partial charge in [-0.25, -0.2) is 55.7 Å². The molecule has 36 nitrogen and oxygen atoms in total. The lowest BCUT2D eigenvalue weighted by Crippen LogP contribution is -2.59. The summed E-state index contributed by atoms with van der Waals surface area (Å²) < 4.78 is 107. The van der Waals surface area contributed by atoms with E-state index in [-0.39, 0.29) is 135 Å². The molecule has 6 aromatic heterocycles. The summed E-state index contributed by atoms with van der Waals surface area (Å²) in [6.07, 6.45) is 14.8. The van der Waals surface area contributed by atoms with Crippen LogP contribution < -0.4 is 58.0 Å². The van der Waals surface area contributed by atoms with Crippen LogP contribution in [0.15, 0.2) is 69.4 Å². The first kappa shape index (κ1) is 86.9. The summed E-state index contributed by atoms with van der Waals surface area (Å²) in [4.78, 5) is 71.8. The molecule has 0 spiro atoms. The molecule has 3 aromatic carbocycles. The monoisotopic (exact) mass is 1680 g/mol. The molecular formula is C78H105F6N27O9. The van der Waals surface area contributed by atoms with Crippen LogP contribution in [0.5, 0.6) is 17.2 Å². The average molecular weight is 1680 g/mol. The van der Waals surface area contributed by atoms with Crippen molar-refractivity contribution in [2.24, 2.45) is 21.1 Å². The standard InChI is InChI=1S/C30H43F2N9O4.C26H35F2N9O3.C22H27F2N9O2/c1-28(2)14-19(11-18-9-8-10-40(18)28)39(16-29(3,4)43)25-21(32)15-33-26(35-25)34-22-13-23(41-27(42)38(7)36-37-41)24(12-20(22)31)45-17-30(5,6)44;1-25(2)12-15(9-16-7-6-8-36(16)25)30-22-18(28)13-29-23(32-22)31-19-11-20(37-24(38)35(5)33-34-37)21(10-17(19)27)40-14-26(3,4)39;1-22(2)10-12(7-13-5-4-6-32(13)22)26-19-15(24)11-25-20(28-19)27-16-9-17(18(34)8-14(16)23)33-21(35)31(3)29-30-33/h12-13,15,18-19,43-44H,8-11,14,16-17H2,1-7H3,(H,33,34,35);10-11,13,15-16,39H,6-9,12,14H2,1-5H3,(H2,29,30,31,32);8-9,11-13,34H,4-7,10H2,1-3H3,(H2,25,26,27,28)/t18-,19+;15-,16+;12-,13+/m011/s1. The number of aromatic nitrogens is 18. The number of nitrogens with one attached hydrogen (secondary N) is 5. The summed E-state index contributed by atoms with van der Waals surface area (Å²) in [5.41, 5.74) is -5.91. The number of halogens is 6. The Balaban J connectivity index is 0.000000157. The molecule has 6 aliphatic rings. The molecule has 0 amide bonds. The first-order chi connectivity index (χ1) is 56.3. The van der Waals surface area contributed by atoms with E-state index in [9.17, 15) is 48.0 Å². The van der Waals surface area contributed by atoms with Gasteiger partial charge >= 0.3 is 17.1 Å². The van der Waals surface area contributed by atoms with E-state index in [0.29, 0.717) is 18.1 Å². The van der Waals surface area contributed by atoms with E-state index in [0.717, 1.165) is 162 Å². The van der Waals surface area contributed by atoms with Gasteiger partial charge in [0.1, 0.15) is 47.5 Å². The van der Waals surface area contributed by atoms with Crippen molar-refractivity contribution in [1.82, 2.24) is 104 Å². The Morgan fingerprint density at radius 1 is 0.467 bits per heavy atom. The Morgan fingerprint density at radius 3 is 1.21 bits per heavy atom. The largest absolute Gasteiger partial charge is 0.506 e. The molecule has 6 atom stereocenters. The summed E-state index contributed by atoms with van der Waals surface area (Å²) in [6.45, 7) is 25.6. The molecule has 0 bridgehead atoms. The Morgan fingerprint density at radius 2 is 0.825 bits per heavy atom. The van der Waals surface area contributed by atoms with E-state index in [1.54, 1.807) is 13.8 Å². The molecule has 42 heteroatoms. The first-order valence-electron chi connectivity index (χ1n) is 39.9. The second kappa shape index (κ2) is 33.9. The summed E-state index contributed by atoms with van der Waals surface area (Å²) >= 11 is 0. The molecule has 6 saturated heterocycles. The minimum Gasteiger partial charge on any atom is -0.506 e. The zero-order chi connectivity index (χ0) is 86.6. The highest BCUT2D eigenvalue weighted by molar-refractivity contribution is 5.66. The van der Waals surface area contributed by atoms with Crippen molar-refractivity contribution < 1.29 is 56.2 Å². The highest BCUT2D eigenvalue weighted by atomic mass is 19.1. The van der Waals surface area contributed by atoms with Gasteiger partial charge in [-0.15, -0.1) is 0 Å². The fourth-order valence-electron chi connectivity index (χ4n) is 17.2. The number of anilines is 9. The molecule has 12 heterocycles. The predicted octanol–water partition coefficient (Wildman–Crippen LogP) is 7.96. The van der Waals surface area contributed by atoms with E-state index in [1.165, 1.54) is 67.0 Å². The number of benzene rings is 3. The maximum absolute atomic E-state index is 15.5. The maximum Gasteiger partial charge on any atom is 0.368 e. The molecular weight excluding hydrogens is 1570 g/mol. The highest BCUT2D eigenvalue weighted by Gasteiger charge is 2.48. The molecule has 6 aliphatic heterocycles. The van der Waals surface area contributed by atoms with Gasteiger partial charge in [0.25, 0.3) is 0 Å². The normalized spacial score (nSPS) is 20.8. The van der Waals surface area contributed by atoms with E-state index in [2.05, 4.69) is 144 Å². The number of aliphatic hydroxyl groups is 3. The number of fused-ring (bicyclic) bond motifs is 3. The number of phenols is 1. The van der Waals surface area contributed by atoms with Crippen LogP contribution >= 0.6 is 0 Å². The van der Waals surface area contributed by atoms with Gasteiger partial charge in [0.15, 0.2) is 52.4 Å². The molecule has 9 aromatic rings. The number of rotatable bonds is 23. The lowest BCUT2D eigenvalue weighted by molar-refractivity contribution is 0.0280. The van der Waals surface area contributed by atoms with E-state index in [1.807, 2.05) is 4.90 Å². The third-order valence-corrected chi connectivity index (χ3v) is 22.4. The van der Waals surface area contributed by atoms with Crippen molar-refractivity contribution >= 4 is 52.4 Å². The summed E-state index contributed by atoms with van der Waals surface area (Å²) in [7, 11) is 4.23. The molecule has 0 radical (unpaired) electrons. The minimum atomic E-state index is -1.24. The van der Waals surface area contributed by atoms with Gasteiger partial charge in [0.05, 0.1) is 52.5 Å². The fourth-order valence-corrected chi connectivity index (χ4v) is 17.2. The zero-order valence-electron chi connectivity index (χ0n) is 69.8. The first-order valence-corrected chi connectivity index (χ1v) is 39.9. The van der Waals surface area contributed by atoms with Gasteiger partial charge in [0.2, 0.25) is 17.8 Å². The maximum atomic E-state index is 15.5. The summed E-state index contributed by atoms with van der Waals surface area (Å²) in [6, 6.07) is 7.88. The van der Waals surface area contributed by atoms with Gasteiger partial charge in [-0.05, 0) is 229 Å². The second-order valence-corrected chi connectivity index (χ2v) is 35.5. The van der Waals surface area contributed by atoms with Crippen molar-refractivity contribution in [2.75, 3.05) is 70.9 Å². The fraction of sp³-hybridized carbons (Fsp3) is 0.577. The van der Waals surface area contributed by atoms with Crippen molar-refractivity contribution in [3.05, 3.63) is 121 Å². The Bertz CT molecular complexity index is 5400. The molecule has 6 fully saturated rings. The van der Waals surface area contributed by atoms with Crippen molar-refractivity contribution in [1.29, 1.82) is 0 Å². The number of piperidine rings is 3. The quantitative estimate of drug-likeness (QED) is 0.0216. The number of nitrogens with zero attached hydrogens (tertiary/aromatic N) is 22. The summed E-state index contributed by atoms with van der Waals surface area (Å²) in [5.74, 6) is -4.94. The number of aromatic hydroxyl groups is 1. The highest BCUT2D eigenvalue weighted by Crippen LogP contribution is 2.44. The van der Waals surface area contributed by atoms with Crippen LogP contribution in [-0.2, 0) is 21.1 Å². The third-order valence-electron chi connectivity index (χ3n) is 22.4. The van der Waals surface area contributed by atoms with Gasteiger partial charge < -0.3 is 61.4 Å². The molecule has 0 saturated carbocycles. The molecule has 0 aliphatic carbocycles. The van der Waals surface area contributed by atoms with Crippen LogP contribution in [0.1, 0.15) is 160 Å². The number of tetrazole rings is 3. The molecule has 0 unspecified atom stereocenters. The topological polar surface area (TPSA) is 408 Å². The summed E-state index contributed by atoms with van der Waals surface area (Å²) in [5, 5.41) is 78.3. The van der Waals surface area contributed by atoms with Gasteiger partial charge in [-0.3, -0.25) is 14.7 Å². The Hall–Kier alpha value is -11.0.